The average Bonchev–Trinajstić information content (AvgIpc) is 2.89. The number of anilines is 1. The molecule has 1 atom stereocenters. The number of nitrogens with one attached hydrogen (secondary N) is 1. The van der Waals surface area contributed by atoms with E-state index < -0.39 is 22.5 Å². The molecule has 1 N–H and O–H groups in total. The fourth-order valence-corrected chi connectivity index (χ4v) is 5.84. The number of carbonyl (C=O) groups is 1. The first kappa shape index (κ1) is 28.8. The van der Waals surface area contributed by atoms with Crippen LogP contribution in [0.2, 0.25) is 0 Å². The van der Waals surface area contributed by atoms with Crippen LogP contribution in [0.3, 0.4) is 0 Å². The van der Waals surface area contributed by atoms with Gasteiger partial charge in [0.25, 0.3) is 10.0 Å². The van der Waals surface area contributed by atoms with Crippen LogP contribution in [-0.2, 0) is 14.8 Å². The molecule has 0 spiro atoms. The van der Waals surface area contributed by atoms with E-state index in [1.54, 1.807) is 19.2 Å². The zero-order valence-corrected chi connectivity index (χ0v) is 23.8. The van der Waals surface area contributed by atoms with Crippen molar-refractivity contribution in [2.24, 2.45) is 0 Å². The third-order valence-corrected chi connectivity index (χ3v) is 8.06. The molecule has 0 heterocycles. The van der Waals surface area contributed by atoms with Crippen LogP contribution >= 0.6 is 0 Å². The number of hydrogen-bond donors (Lipinski definition) is 1. The molecular formula is C29H36N2O6S. The summed E-state index contributed by atoms with van der Waals surface area (Å²) in [6, 6.07) is 15.3. The Morgan fingerprint density at radius 2 is 1.45 bits per heavy atom. The van der Waals surface area contributed by atoms with Gasteiger partial charge in [0.2, 0.25) is 5.91 Å². The summed E-state index contributed by atoms with van der Waals surface area (Å²) in [6.45, 7) is 7.28. The van der Waals surface area contributed by atoms with Gasteiger partial charge >= 0.3 is 0 Å². The van der Waals surface area contributed by atoms with E-state index in [-0.39, 0.29) is 16.7 Å². The van der Waals surface area contributed by atoms with Crippen molar-refractivity contribution < 1.29 is 27.4 Å². The second-order valence-corrected chi connectivity index (χ2v) is 11.0. The number of ether oxygens (including phenoxy) is 3. The Bertz CT molecular complexity index is 1380. The maximum atomic E-state index is 13.9. The van der Waals surface area contributed by atoms with Gasteiger partial charge in [0.1, 0.15) is 12.3 Å². The molecule has 0 aliphatic heterocycles. The Labute approximate surface area is 225 Å². The molecular weight excluding hydrogens is 504 g/mol. The molecule has 204 valence electrons. The molecule has 0 unspecified atom stereocenters. The van der Waals surface area contributed by atoms with Crippen molar-refractivity contribution >= 4 is 21.6 Å². The van der Waals surface area contributed by atoms with E-state index in [1.165, 1.54) is 32.4 Å². The molecule has 3 aromatic rings. The molecule has 1 amide bonds. The summed E-state index contributed by atoms with van der Waals surface area (Å²) in [7, 11) is 0.388. The summed E-state index contributed by atoms with van der Waals surface area (Å²) in [4.78, 5) is 13.3. The maximum absolute atomic E-state index is 13.9. The van der Waals surface area contributed by atoms with Crippen LogP contribution < -0.4 is 23.8 Å². The van der Waals surface area contributed by atoms with E-state index in [1.807, 2.05) is 52.0 Å². The van der Waals surface area contributed by atoms with Gasteiger partial charge in [-0.15, -0.1) is 0 Å². The summed E-state index contributed by atoms with van der Waals surface area (Å²) < 4.78 is 44.9. The van der Waals surface area contributed by atoms with Gasteiger partial charge in [-0.1, -0.05) is 25.1 Å². The van der Waals surface area contributed by atoms with Crippen LogP contribution in [0.5, 0.6) is 17.2 Å². The van der Waals surface area contributed by atoms with Gasteiger partial charge < -0.3 is 19.5 Å². The number of aryl methyl sites for hydroxylation is 3. The van der Waals surface area contributed by atoms with Gasteiger partial charge in [-0.2, -0.15) is 0 Å². The second kappa shape index (κ2) is 12.2. The Morgan fingerprint density at radius 3 is 2.00 bits per heavy atom. The highest BCUT2D eigenvalue weighted by Gasteiger charge is 2.29. The lowest BCUT2D eigenvalue weighted by atomic mass is 10.0. The van der Waals surface area contributed by atoms with E-state index in [9.17, 15) is 13.2 Å². The minimum Gasteiger partial charge on any atom is -0.496 e. The molecule has 0 aromatic heterocycles. The zero-order chi connectivity index (χ0) is 28.0. The fourth-order valence-electron chi connectivity index (χ4n) is 4.42. The maximum Gasteiger partial charge on any atom is 0.264 e. The van der Waals surface area contributed by atoms with Crippen LogP contribution in [0, 0.1) is 20.8 Å². The SMILES string of the molecule is CC[C@H](NC(=O)CN(c1cc(C)cc(C)c1)S(=O)(=O)c1ccc(OC)c(OC)c1)c1ccc(OC)c(C)c1. The normalized spacial score (nSPS) is 12.0. The number of nitrogens with zero attached hydrogens (tertiary/aromatic N) is 1. The Morgan fingerprint density at radius 1 is 0.842 bits per heavy atom. The number of benzene rings is 3. The van der Waals surface area contributed by atoms with Crippen LogP contribution in [-0.4, -0.2) is 42.2 Å². The molecule has 0 aliphatic rings. The number of rotatable bonds is 11. The average molecular weight is 541 g/mol. The van der Waals surface area contributed by atoms with E-state index in [0.29, 0.717) is 17.9 Å². The van der Waals surface area contributed by atoms with Crippen molar-refractivity contribution in [3.63, 3.8) is 0 Å². The van der Waals surface area contributed by atoms with Crippen molar-refractivity contribution in [2.75, 3.05) is 32.2 Å². The third kappa shape index (κ3) is 6.39. The summed E-state index contributed by atoms with van der Waals surface area (Å²) in [6.07, 6.45) is 0.628. The smallest absolute Gasteiger partial charge is 0.264 e. The monoisotopic (exact) mass is 540 g/mol. The van der Waals surface area contributed by atoms with Gasteiger partial charge in [-0.3, -0.25) is 9.10 Å². The van der Waals surface area contributed by atoms with Crippen molar-refractivity contribution in [1.82, 2.24) is 5.32 Å². The number of amides is 1. The highest BCUT2D eigenvalue weighted by Crippen LogP contribution is 2.33. The molecule has 38 heavy (non-hydrogen) atoms. The molecule has 0 fully saturated rings. The summed E-state index contributed by atoms with van der Waals surface area (Å²) >= 11 is 0. The Balaban J connectivity index is 1.99. The van der Waals surface area contributed by atoms with E-state index in [0.717, 1.165) is 32.3 Å². The largest absolute Gasteiger partial charge is 0.496 e. The van der Waals surface area contributed by atoms with Crippen LogP contribution in [0.4, 0.5) is 5.69 Å². The molecule has 9 heteroatoms. The number of hydrogen-bond acceptors (Lipinski definition) is 6. The minimum atomic E-state index is -4.14. The minimum absolute atomic E-state index is 0.0140. The highest BCUT2D eigenvalue weighted by molar-refractivity contribution is 7.92. The summed E-state index contributed by atoms with van der Waals surface area (Å²) in [5.41, 5.74) is 4.03. The van der Waals surface area contributed by atoms with Gasteiger partial charge in [0, 0.05) is 6.07 Å². The quantitative estimate of drug-likeness (QED) is 0.364. The summed E-state index contributed by atoms with van der Waals surface area (Å²) in [5, 5.41) is 3.01. The van der Waals surface area contributed by atoms with Gasteiger partial charge in [-0.25, -0.2) is 8.42 Å². The first-order valence-electron chi connectivity index (χ1n) is 12.3. The van der Waals surface area contributed by atoms with E-state index >= 15 is 0 Å². The van der Waals surface area contributed by atoms with Crippen molar-refractivity contribution in [3.8, 4) is 17.2 Å². The number of carbonyl (C=O) groups excluding carboxylic acids is 1. The molecule has 0 saturated carbocycles. The molecule has 0 radical (unpaired) electrons. The Hall–Kier alpha value is -3.72. The second-order valence-electron chi connectivity index (χ2n) is 9.13. The first-order chi connectivity index (χ1) is 18.0. The predicted octanol–water partition coefficient (Wildman–Crippen LogP) is 5.10. The van der Waals surface area contributed by atoms with Crippen molar-refractivity contribution in [2.45, 2.75) is 45.1 Å². The molecule has 0 aliphatic carbocycles. The van der Waals surface area contributed by atoms with E-state index in [4.69, 9.17) is 14.2 Å². The van der Waals surface area contributed by atoms with Crippen molar-refractivity contribution in [3.05, 3.63) is 76.9 Å². The molecule has 3 aromatic carbocycles. The van der Waals surface area contributed by atoms with E-state index in [2.05, 4.69) is 5.32 Å². The molecule has 8 nitrogen and oxygen atoms in total. The highest BCUT2D eigenvalue weighted by atomic mass is 32.2. The first-order valence-corrected chi connectivity index (χ1v) is 13.7. The van der Waals surface area contributed by atoms with Gasteiger partial charge in [-0.05, 0) is 79.8 Å². The topological polar surface area (TPSA) is 94.2 Å². The van der Waals surface area contributed by atoms with Gasteiger partial charge in [0.15, 0.2) is 11.5 Å². The number of sulfonamides is 1. The summed E-state index contributed by atoms with van der Waals surface area (Å²) in [5.74, 6) is 1.02. The molecule has 0 saturated heterocycles. The molecule has 3 rings (SSSR count). The zero-order valence-electron chi connectivity index (χ0n) is 23.0. The fraction of sp³-hybridized carbons (Fsp3) is 0.345. The number of methoxy groups -OCH3 is 3. The van der Waals surface area contributed by atoms with Crippen LogP contribution in [0.15, 0.2) is 59.5 Å². The van der Waals surface area contributed by atoms with Crippen LogP contribution in [0.1, 0.15) is 41.6 Å². The Kier molecular flexibility index (Phi) is 9.27. The van der Waals surface area contributed by atoms with Crippen molar-refractivity contribution in [1.29, 1.82) is 0 Å². The van der Waals surface area contributed by atoms with Crippen LogP contribution in [0.25, 0.3) is 0 Å². The van der Waals surface area contributed by atoms with Gasteiger partial charge in [0.05, 0.1) is 38.0 Å². The lowest BCUT2D eigenvalue weighted by molar-refractivity contribution is -0.120. The lowest BCUT2D eigenvalue weighted by Gasteiger charge is -2.27. The molecule has 0 bridgehead atoms. The third-order valence-electron chi connectivity index (χ3n) is 6.29. The predicted molar refractivity (Wildman–Crippen MR) is 149 cm³/mol. The lowest BCUT2D eigenvalue weighted by Crippen LogP contribution is -2.42. The standard InChI is InChI=1S/C29H36N2O6S/c1-8-25(22-9-11-26(35-5)21(4)16-22)30-29(32)18-31(23-14-19(2)13-20(3)15-23)38(33,34)24-10-12-27(36-6)28(17-24)37-7/h9-17,25H,8,18H2,1-7H3,(H,30,32)/t25-/m0/s1.